The molecule has 0 spiro atoms. The maximum absolute atomic E-state index is 11.9. The van der Waals surface area contributed by atoms with Crippen molar-refractivity contribution in [2.45, 2.75) is 18.9 Å². The zero-order valence-corrected chi connectivity index (χ0v) is 13.6. The fourth-order valence-electron chi connectivity index (χ4n) is 2.73. The molecule has 2 aromatic heterocycles. The predicted molar refractivity (Wildman–Crippen MR) is 91.5 cm³/mol. The Morgan fingerprint density at radius 3 is 3.00 bits per heavy atom. The largest absolute Gasteiger partial charge is 0.366 e. The number of anilines is 2. The zero-order valence-electron chi connectivity index (χ0n) is 12.8. The minimum Gasteiger partial charge on any atom is -0.366 e. The summed E-state index contributed by atoms with van der Waals surface area (Å²) in [4.78, 5) is 35.9. The van der Waals surface area contributed by atoms with Crippen LogP contribution in [-0.2, 0) is 0 Å². The second-order valence-electron chi connectivity index (χ2n) is 5.59. The third kappa shape index (κ3) is 3.48. The fraction of sp³-hybridized carbons (Fsp3) is 0.333. The quantitative estimate of drug-likeness (QED) is 0.758. The van der Waals surface area contributed by atoms with E-state index < -0.39 is 5.91 Å². The first-order chi connectivity index (χ1) is 11.5. The molecule has 0 unspecified atom stereocenters. The molecule has 3 rings (SSSR count). The highest BCUT2D eigenvalue weighted by atomic mass is 35.5. The number of carbonyl (C=O) groups is 1. The van der Waals surface area contributed by atoms with Crippen molar-refractivity contribution in [3.63, 3.8) is 0 Å². The van der Waals surface area contributed by atoms with Crippen molar-refractivity contribution < 1.29 is 4.79 Å². The minimum atomic E-state index is -0.575. The molecular formula is C15H17ClN6O2. The molecule has 1 aliphatic rings. The number of H-pyrrole nitrogens is 1. The lowest BCUT2D eigenvalue weighted by atomic mass is 10.1. The Balaban J connectivity index is 1.73. The van der Waals surface area contributed by atoms with Gasteiger partial charge in [-0.15, -0.1) is 0 Å². The topological polar surface area (TPSA) is 117 Å². The second-order valence-corrected chi connectivity index (χ2v) is 6.00. The summed E-state index contributed by atoms with van der Waals surface area (Å²) in [6, 6.07) is 1.55. The van der Waals surface area contributed by atoms with E-state index in [-0.39, 0.29) is 17.2 Å². The lowest BCUT2D eigenvalue weighted by Gasteiger charge is -2.33. The SMILES string of the molecule is NC(=O)c1cnc(N[C@H]2CCCN(c3ncc[nH]c3=O)C2)c(Cl)c1. The van der Waals surface area contributed by atoms with E-state index in [1.54, 1.807) is 6.20 Å². The molecule has 1 fully saturated rings. The number of halogens is 1. The predicted octanol–water partition coefficient (Wildman–Crippen LogP) is 0.998. The molecule has 8 nitrogen and oxygen atoms in total. The van der Waals surface area contributed by atoms with Crippen molar-refractivity contribution in [3.8, 4) is 0 Å². The smallest absolute Gasteiger partial charge is 0.290 e. The molecule has 1 atom stereocenters. The summed E-state index contributed by atoms with van der Waals surface area (Å²) >= 11 is 6.16. The Morgan fingerprint density at radius 2 is 2.29 bits per heavy atom. The lowest BCUT2D eigenvalue weighted by molar-refractivity contribution is 0.1000. The van der Waals surface area contributed by atoms with Crippen LogP contribution < -0.4 is 21.5 Å². The van der Waals surface area contributed by atoms with Gasteiger partial charge in [-0.2, -0.15) is 0 Å². The summed E-state index contributed by atoms with van der Waals surface area (Å²) in [7, 11) is 0. The third-order valence-corrected chi connectivity index (χ3v) is 4.16. The van der Waals surface area contributed by atoms with Gasteiger partial charge in [0.15, 0.2) is 5.82 Å². The van der Waals surface area contributed by atoms with Crippen molar-refractivity contribution in [3.05, 3.63) is 45.6 Å². The third-order valence-electron chi connectivity index (χ3n) is 3.88. The van der Waals surface area contributed by atoms with Gasteiger partial charge in [-0.3, -0.25) is 9.59 Å². The number of nitrogens with two attached hydrogens (primary N) is 1. The van der Waals surface area contributed by atoms with Crippen LogP contribution in [0.5, 0.6) is 0 Å². The monoisotopic (exact) mass is 348 g/mol. The van der Waals surface area contributed by atoms with Gasteiger partial charge in [-0.25, -0.2) is 9.97 Å². The number of piperidine rings is 1. The molecule has 1 aliphatic heterocycles. The maximum atomic E-state index is 11.9. The fourth-order valence-corrected chi connectivity index (χ4v) is 2.95. The number of aromatic nitrogens is 3. The summed E-state index contributed by atoms with van der Waals surface area (Å²) in [5.74, 6) is 0.324. The molecule has 4 N–H and O–H groups in total. The first-order valence-electron chi connectivity index (χ1n) is 7.55. The van der Waals surface area contributed by atoms with Gasteiger partial charge in [0.05, 0.1) is 10.6 Å². The second kappa shape index (κ2) is 6.88. The molecule has 1 amide bonds. The highest BCUT2D eigenvalue weighted by Crippen LogP contribution is 2.23. The number of rotatable bonds is 4. The van der Waals surface area contributed by atoms with E-state index in [1.165, 1.54) is 18.5 Å². The molecule has 0 aromatic carbocycles. The summed E-state index contributed by atoms with van der Waals surface area (Å²) in [6.07, 6.45) is 6.28. The van der Waals surface area contributed by atoms with Crippen LogP contribution in [0.2, 0.25) is 5.02 Å². The van der Waals surface area contributed by atoms with Crippen molar-refractivity contribution in [2.75, 3.05) is 23.3 Å². The Morgan fingerprint density at radius 1 is 1.46 bits per heavy atom. The van der Waals surface area contributed by atoms with Crippen LogP contribution in [-0.4, -0.2) is 40.0 Å². The minimum absolute atomic E-state index is 0.0598. The Kier molecular flexibility index (Phi) is 4.66. The Bertz CT molecular complexity index is 809. The number of aromatic amines is 1. The summed E-state index contributed by atoms with van der Waals surface area (Å²) in [5, 5.41) is 3.59. The van der Waals surface area contributed by atoms with Crippen LogP contribution in [0.3, 0.4) is 0 Å². The number of amides is 1. The summed E-state index contributed by atoms with van der Waals surface area (Å²) in [6.45, 7) is 1.37. The Hall–Kier alpha value is -2.61. The normalized spacial score (nSPS) is 17.5. The first-order valence-corrected chi connectivity index (χ1v) is 7.93. The molecule has 0 saturated carbocycles. The van der Waals surface area contributed by atoms with Gasteiger partial charge in [-0.05, 0) is 18.9 Å². The van der Waals surface area contributed by atoms with E-state index in [1.807, 2.05) is 4.90 Å². The van der Waals surface area contributed by atoms with Crippen molar-refractivity contribution >= 4 is 29.1 Å². The zero-order chi connectivity index (χ0) is 17.1. The lowest BCUT2D eigenvalue weighted by Crippen LogP contribution is -2.44. The number of carbonyl (C=O) groups excluding carboxylic acids is 1. The van der Waals surface area contributed by atoms with Gasteiger partial charge < -0.3 is 20.9 Å². The average Bonchev–Trinajstić information content (AvgIpc) is 2.57. The molecule has 2 aromatic rings. The van der Waals surface area contributed by atoms with Gasteiger partial charge >= 0.3 is 0 Å². The van der Waals surface area contributed by atoms with Crippen LogP contribution in [0.1, 0.15) is 23.2 Å². The number of nitrogens with one attached hydrogen (secondary N) is 2. The summed E-state index contributed by atoms with van der Waals surface area (Å²) < 4.78 is 0. The van der Waals surface area contributed by atoms with Crippen LogP contribution in [0.4, 0.5) is 11.6 Å². The van der Waals surface area contributed by atoms with Gasteiger partial charge in [-0.1, -0.05) is 11.6 Å². The molecule has 24 heavy (non-hydrogen) atoms. The summed E-state index contributed by atoms with van der Waals surface area (Å²) in [5.41, 5.74) is 5.26. The molecule has 0 aliphatic carbocycles. The van der Waals surface area contributed by atoms with Crippen molar-refractivity contribution in [1.82, 2.24) is 15.0 Å². The number of pyridine rings is 1. The van der Waals surface area contributed by atoms with Crippen LogP contribution >= 0.6 is 11.6 Å². The van der Waals surface area contributed by atoms with Crippen LogP contribution in [0.25, 0.3) is 0 Å². The number of hydrogen-bond acceptors (Lipinski definition) is 6. The van der Waals surface area contributed by atoms with E-state index in [0.29, 0.717) is 23.2 Å². The van der Waals surface area contributed by atoms with Gasteiger partial charge in [0, 0.05) is 37.7 Å². The highest BCUT2D eigenvalue weighted by molar-refractivity contribution is 6.33. The number of hydrogen-bond donors (Lipinski definition) is 3. The van der Waals surface area contributed by atoms with Crippen molar-refractivity contribution in [2.24, 2.45) is 5.73 Å². The van der Waals surface area contributed by atoms with E-state index in [4.69, 9.17) is 17.3 Å². The van der Waals surface area contributed by atoms with E-state index >= 15 is 0 Å². The molecular weight excluding hydrogens is 332 g/mol. The molecule has 126 valence electrons. The molecule has 0 radical (unpaired) electrons. The highest BCUT2D eigenvalue weighted by Gasteiger charge is 2.23. The van der Waals surface area contributed by atoms with E-state index in [9.17, 15) is 9.59 Å². The number of nitrogens with zero attached hydrogens (tertiary/aromatic N) is 3. The molecule has 1 saturated heterocycles. The van der Waals surface area contributed by atoms with Gasteiger partial charge in [0.1, 0.15) is 5.82 Å². The Labute approximate surface area is 143 Å². The average molecular weight is 349 g/mol. The van der Waals surface area contributed by atoms with Crippen LogP contribution in [0.15, 0.2) is 29.5 Å². The van der Waals surface area contributed by atoms with E-state index in [2.05, 4.69) is 20.3 Å². The van der Waals surface area contributed by atoms with Crippen LogP contribution in [0, 0.1) is 0 Å². The molecule has 0 bridgehead atoms. The number of primary amides is 1. The maximum Gasteiger partial charge on any atom is 0.290 e. The van der Waals surface area contributed by atoms with E-state index in [0.717, 1.165) is 19.4 Å². The molecule has 3 heterocycles. The van der Waals surface area contributed by atoms with Gasteiger partial charge in [0.2, 0.25) is 5.91 Å². The van der Waals surface area contributed by atoms with Crippen molar-refractivity contribution in [1.29, 1.82) is 0 Å². The van der Waals surface area contributed by atoms with Gasteiger partial charge in [0.25, 0.3) is 5.56 Å². The first kappa shape index (κ1) is 16.3. The molecule has 9 heteroatoms. The standard InChI is InChI=1S/C15H17ClN6O2/c16-11-6-9(12(17)23)7-20-13(11)21-10-2-1-5-22(8-10)14-15(24)19-4-3-18-14/h3-4,6-7,10H,1-2,5,8H2,(H2,17,23)(H,19,24)(H,20,21)/t10-/m0/s1.